The first-order valence-corrected chi connectivity index (χ1v) is 4.48. The largest absolute Gasteiger partial charge is 0.478 e. The molecule has 0 atom stereocenters. The Balaban J connectivity index is 2.42. The van der Waals surface area contributed by atoms with Gasteiger partial charge in [0.2, 0.25) is 0 Å². The fourth-order valence-electron chi connectivity index (χ4n) is 1.22. The van der Waals surface area contributed by atoms with E-state index < -0.39 is 10.9 Å². The Hall–Kier alpha value is -2.77. The van der Waals surface area contributed by atoms with E-state index in [1.54, 1.807) is 0 Å². The van der Waals surface area contributed by atoms with Crippen molar-refractivity contribution in [2.75, 3.05) is 0 Å². The Morgan fingerprint density at radius 2 is 2.24 bits per heavy atom. The molecule has 0 saturated heterocycles. The monoisotopic (exact) mass is 234 g/mol. The van der Waals surface area contributed by atoms with E-state index in [0.717, 1.165) is 4.68 Å². The van der Waals surface area contributed by atoms with Crippen molar-refractivity contribution in [3.05, 3.63) is 46.3 Å². The number of hydrogen-bond acceptors (Lipinski definition) is 5. The number of hydrogen-bond donors (Lipinski definition) is 1. The summed E-state index contributed by atoms with van der Waals surface area (Å²) in [5, 5.41) is 22.9. The number of carboxylic acids is 1. The summed E-state index contributed by atoms with van der Waals surface area (Å²) in [5.74, 6) is -1.22. The highest BCUT2D eigenvalue weighted by atomic mass is 16.6. The molecule has 2 aromatic heterocycles. The first-order chi connectivity index (χ1) is 8.08. The Labute approximate surface area is 94.3 Å². The minimum absolute atomic E-state index is 0.0353. The van der Waals surface area contributed by atoms with Gasteiger partial charge in [0.15, 0.2) is 5.82 Å². The van der Waals surface area contributed by atoms with E-state index in [-0.39, 0.29) is 17.2 Å². The van der Waals surface area contributed by atoms with Crippen molar-refractivity contribution in [1.29, 1.82) is 0 Å². The average molecular weight is 234 g/mol. The minimum atomic E-state index is -1.10. The number of aromatic nitrogens is 3. The van der Waals surface area contributed by atoms with Crippen LogP contribution in [-0.4, -0.2) is 30.8 Å². The molecule has 0 amide bonds. The third kappa shape index (κ3) is 2.09. The minimum Gasteiger partial charge on any atom is -0.478 e. The van der Waals surface area contributed by atoms with Crippen molar-refractivity contribution in [3.8, 4) is 5.82 Å². The van der Waals surface area contributed by atoms with Crippen LogP contribution in [0.15, 0.2) is 30.6 Å². The summed E-state index contributed by atoms with van der Waals surface area (Å²) in [6.45, 7) is 0. The SMILES string of the molecule is O=C(O)c1ccnc(-n2ccc([N+](=O)[O-])n2)c1. The number of pyridine rings is 1. The topological polar surface area (TPSA) is 111 Å². The molecular weight excluding hydrogens is 228 g/mol. The van der Waals surface area contributed by atoms with Crippen LogP contribution in [0.2, 0.25) is 0 Å². The van der Waals surface area contributed by atoms with E-state index >= 15 is 0 Å². The number of nitro groups is 1. The predicted molar refractivity (Wildman–Crippen MR) is 55.0 cm³/mol. The van der Waals surface area contributed by atoms with Crippen molar-refractivity contribution in [1.82, 2.24) is 14.8 Å². The Morgan fingerprint density at radius 1 is 1.47 bits per heavy atom. The van der Waals surface area contributed by atoms with Crippen LogP contribution < -0.4 is 0 Å². The zero-order chi connectivity index (χ0) is 12.4. The normalized spacial score (nSPS) is 10.1. The Kier molecular flexibility index (Phi) is 2.53. The van der Waals surface area contributed by atoms with E-state index in [0.29, 0.717) is 0 Å². The number of nitrogens with zero attached hydrogens (tertiary/aromatic N) is 4. The Morgan fingerprint density at radius 3 is 2.82 bits per heavy atom. The van der Waals surface area contributed by atoms with Gasteiger partial charge in [-0.25, -0.2) is 9.78 Å². The summed E-state index contributed by atoms with van der Waals surface area (Å²) in [7, 11) is 0. The van der Waals surface area contributed by atoms with E-state index in [1.165, 1.54) is 30.6 Å². The summed E-state index contributed by atoms with van der Waals surface area (Å²) in [6, 6.07) is 3.80. The Bertz CT molecular complexity index is 592. The van der Waals surface area contributed by atoms with Crippen molar-refractivity contribution in [3.63, 3.8) is 0 Å². The van der Waals surface area contributed by atoms with E-state index in [9.17, 15) is 14.9 Å². The van der Waals surface area contributed by atoms with Crippen LogP contribution in [0, 0.1) is 10.1 Å². The molecule has 0 saturated carbocycles. The second kappa shape index (κ2) is 4.00. The summed E-state index contributed by atoms with van der Waals surface area (Å²) in [6.07, 6.45) is 2.64. The first kappa shape index (κ1) is 10.7. The molecule has 0 aliphatic carbocycles. The highest BCUT2D eigenvalue weighted by Gasteiger charge is 2.14. The van der Waals surface area contributed by atoms with Gasteiger partial charge < -0.3 is 15.2 Å². The van der Waals surface area contributed by atoms with Crippen molar-refractivity contribution >= 4 is 11.8 Å². The van der Waals surface area contributed by atoms with Gasteiger partial charge in [-0.15, -0.1) is 4.68 Å². The molecule has 0 spiro atoms. The molecule has 8 nitrogen and oxygen atoms in total. The molecule has 0 radical (unpaired) electrons. The average Bonchev–Trinajstić information content (AvgIpc) is 2.78. The summed E-state index contributed by atoms with van der Waals surface area (Å²) in [4.78, 5) is 24.4. The summed E-state index contributed by atoms with van der Waals surface area (Å²) < 4.78 is 1.14. The second-order valence-corrected chi connectivity index (χ2v) is 3.08. The molecule has 0 bridgehead atoms. The molecule has 1 N–H and O–H groups in total. The van der Waals surface area contributed by atoms with Gasteiger partial charge in [-0.1, -0.05) is 0 Å². The van der Waals surface area contributed by atoms with Crippen molar-refractivity contribution < 1.29 is 14.8 Å². The van der Waals surface area contributed by atoms with Crippen molar-refractivity contribution in [2.45, 2.75) is 0 Å². The molecule has 2 rings (SSSR count). The maximum absolute atomic E-state index is 10.7. The molecule has 86 valence electrons. The lowest BCUT2D eigenvalue weighted by atomic mass is 10.3. The standard InChI is InChI=1S/C9H6N4O4/c14-9(15)6-1-3-10-8(5-6)12-4-2-7(11-12)13(16)17/h1-5H,(H,14,15). The van der Waals surface area contributed by atoms with E-state index in [1.807, 2.05) is 0 Å². The van der Waals surface area contributed by atoms with Crippen LogP contribution in [0.3, 0.4) is 0 Å². The van der Waals surface area contributed by atoms with Crippen molar-refractivity contribution in [2.24, 2.45) is 0 Å². The van der Waals surface area contributed by atoms with Crippen LogP contribution in [-0.2, 0) is 0 Å². The van der Waals surface area contributed by atoms with E-state index in [4.69, 9.17) is 5.11 Å². The second-order valence-electron chi connectivity index (χ2n) is 3.08. The van der Waals surface area contributed by atoms with Crippen LogP contribution in [0.4, 0.5) is 5.82 Å². The van der Waals surface area contributed by atoms with E-state index in [2.05, 4.69) is 10.1 Å². The highest BCUT2D eigenvalue weighted by Crippen LogP contribution is 2.11. The lowest BCUT2D eigenvalue weighted by Crippen LogP contribution is -2.03. The molecule has 0 aromatic carbocycles. The molecule has 0 aliphatic rings. The number of aromatic carboxylic acids is 1. The molecule has 8 heteroatoms. The van der Waals surface area contributed by atoms with Gasteiger partial charge >= 0.3 is 11.8 Å². The molecule has 2 aromatic rings. The van der Waals surface area contributed by atoms with Gasteiger partial charge in [0, 0.05) is 6.20 Å². The number of rotatable bonds is 3. The first-order valence-electron chi connectivity index (χ1n) is 4.48. The molecule has 17 heavy (non-hydrogen) atoms. The highest BCUT2D eigenvalue weighted by molar-refractivity contribution is 5.87. The van der Waals surface area contributed by atoms with Crippen LogP contribution in [0.25, 0.3) is 5.82 Å². The zero-order valence-corrected chi connectivity index (χ0v) is 8.35. The van der Waals surface area contributed by atoms with Gasteiger partial charge in [-0.05, 0) is 17.1 Å². The third-order valence-electron chi connectivity index (χ3n) is 1.99. The smallest absolute Gasteiger partial charge is 0.390 e. The lowest BCUT2D eigenvalue weighted by molar-refractivity contribution is -0.389. The maximum atomic E-state index is 10.7. The fourth-order valence-corrected chi connectivity index (χ4v) is 1.22. The van der Waals surface area contributed by atoms with Gasteiger partial charge in [0.05, 0.1) is 22.9 Å². The number of carbonyl (C=O) groups is 1. The zero-order valence-electron chi connectivity index (χ0n) is 8.35. The predicted octanol–water partition coefficient (Wildman–Crippen LogP) is 0.874. The summed E-state index contributed by atoms with van der Waals surface area (Å²) in [5.41, 5.74) is 0.0353. The molecule has 0 aliphatic heterocycles. The molecule has 0 fully saturated rings. The van der Waals surface area contributed by atoms with Gasteiger partial charge in [0.1, 0.15) is 0 Å². The van der Waals surface area contributed by atoms with Crippen LogP contribution in [0.5, 0.6) is 0 Å². The van der Waals surface area contributed by atoms with Crippen LogP contribution >= 0.6 is 0 Å². The molecular formula is C9H6N4O4. The molecule has 0 unspecified atom stereocenters. The van der Waals surface area contributed by atoms with Gasteiger partial charge in [-0.2, -0.15) is 0 Å². The maximum Gasteiger partial charge on any atom is 0.390 e. The number of carboxylic acid groups (broad SMARTS) is 1. The van der Waals surface area contributed by atoms with Gasteiger partial charge in [0.25, 0.3) is 0 Å². The summed E-state index contributed by atoms with van der Waals surface area (Å²) >= 11 is 0. The third-order valence-corrected chi connectivity index (χ3v) is 1.99. The van der Waals surface area contributed by atoms with Crippen LogP contribution in [0.1, 0.15) is 10.4 Å². The van der Waals surface area contributed by atoms with Gasteiger partial charge in [-0.3, -0.25) is 0 Å². The molecule has 2 heterocycles. The fraction of sp³-hybridized carbons (Fsp3) is 0. The lowest BCUT2D eigenvalue weighted by Gasteiger charge is -1.97. The quantitative estimate of drug-likeness (QED) is 0.623.